The second-order valence-electron chi connectivity index (χ2n) is 8.11. The third kappa shape index (κ3) is 4.13. The predicted octanol–water partition coefficient (Wildman–Crippen LogP) is 3.76. The summed E-state index contributed by atoms with van der Waals surface area (Å²) in [6, 6.07) is 6.30. The Morgan fingerprint density at radius 1 is 1.21 bits per heavy atom. The zero-order chi connectivity index (χ0) is 19.5. The van der Waals surface area contributed by atoms with Gasteiger partial charge in [-0.15, -0.1) is 0 Å². The van der Waals surface area contributed by atoms with Crippen LogP contribution in [0.4, 0.5) is 0 Å². The first kappa shape index (κ1) is 18.8. The number of hydrogen-bond donors (Lipinski definition) is 1. The van der Waals surface area contributed by atoms with Crippen molar-refractivity contribution in [2.45, 2.75) is 65.0 Å². The lowest BCUT2D eigenvalue weighted by Gasteiger charge is -2.28. The Morgan fingerprint density at radius 3 is 2.82 bits per heavy atom. The molecule has 0 bridgehead atoms. The van der Waals surface area contributed by atoms with Crippen LogP contribution in [-0.2, 0) is 17.8 Å². The number of carbonyl (C=O) groups excluding carboxylic acids is 1. The largest absolute Gasteiger partial charge is 0.353 e. The molecule has 1 saturated carbocycles. The minimum Gasteiger partial charge on any atom is -0.353 e. The summed E-state index contributed by atoms with van der Waals surface area (Å²) in [5.74, 6) is 0.680. The van der Waals surface area contributed by atoms with Gasteiger partial charge in [0, 0.05) is 35.3 Å². The maximum Gasteiger partial charge on any atom is 0.226 e. The quantitative estimate of drug-likeness (QED) is 0.864. The van der Waals surface area contributed by atoms with Crippen LogP contribution in [0.15, 0.2) is 35.6 Å². The number of nitrogens with zero attached hydrogens (tertiary/aromatic N) is 3. The Hall–Kier alpha value is -2.56. The van der Waals surface area contributed by atoms with Gasteiger partial charge in [-0.3, -0.25) is 19.8 Å². The van der Waals surface area contributed by atoms with E-state index in [4.69, 9.17) is 4.99 Å². The Bertz CT molecular complexity index is 899. The van der Waals surface area contributed by atoms with Crippen molar-refractivity contribution >= 4 is 11.6 Å². The van der Waals surface area contributed by atoms with Gasteiger partial charge in [0.15, 0.2) is 0 Å². The summed E-state index contributed by atoms with van der Waals surface area (Å²) < 4.78 is 0. The number of aryl methyl sites for hydroxylation is 1. The highest BCUT2D eigenvalue weighted by Crippen LogP contribution is 2.26. The van der Waals surface area contributed by atoms with E-state index in [1.165, 1.54) is 32.1 Å². The van der Waals surface area contributed by atoms with Crippen LogP contribution in [0.5, 0.6) is 0 Å². The molecule has 146 valence electrons. The molecule has 2 aromatic heterocycles. The normalized spacial score (nSPS) is 17.7. The van der Waals surface area contributed by atoms with Crippen molar-refractivity contribution in [1.82, 2.24) is 15.3 Å². The number of nitrogens with one attached hydrogen (secondary N) is 1. The van der Waals surface area contributed by atoms with E-state index in [1.54, 1.807) is 0 Å². The molecule has 0 unspecified atom stereocenters. The fraction of sp³-hybridized carbons (Fsp3) is 0.478. The molecule has 1 amide bonds. The fourth-order valence-corrected chi connectivity index (χ4v) is 4.40. The lowest BCUT2D eigenvalue weighted by Crippen LogP contribution is -2.39. The number of hydrogen-bond acceptors (Lipinski definition) is 4. The average Bonchev–Trinajstić information content (AvgIpc) is 3.12. The number of amides is 1. The standard InChI is InChI=1S/C23H28N4O/c1-15-10-18(8-9-24-15)23-21-14-25-20(11-19(21)13-26-23)12-22(28)27-16(2)17-6-4-3-5-7-17/h8-11,14,16-17H,3-7,12-13H2,1-2H3,(H,27,28)/t16-/m1/s1. The first-order chi connectivity index (χ1) is 13.6. The molecular formula is C23H28N4O. The zero-order valence-electron chi connectivity index (χ0n) is 16.7. The van der Waals surface area contributed by atoms with Crippen molar-refractivity contribution in [3.8, 4) is 0 Å². The van der Waals surface area contributed by atoms with E-state index in [-0.39, 0.29) is 11.9 Å². The molecule has 28 heavy (non-hydrogen) atoms. The van der Waals surface area contributed by atoms with Gasteiger partial charge < -0.3 is 5.32 Å². The molecule has 2 aromatic rings. The predicted molar refractivity (Wildman–Crippen MR) is 110 cm³/mol. The van der Waals surface area contributed by atoms with Gasteiger partial charge in [-0.1, -0.05) is 19.3 Å². The van der Waals surface area contributed by atoms with E-state index in [0.29, 0.717) is 18.9 Å². The summed E-state index contributed by atoms with van der Waals surface area (Å²) in [6.45, 7) is 4.76. The molecule has 5 nitrogen and oxygen atoms in total. The van der Waals surface area contributed by atoms with Crippen molar-refractivity contribution in [2.75, 3.05) is 0 Å². The summed E-state index contributed by atoms with van der Waals surface area (Å²) in [7, 11) is 0. The van der Waals surface area contributed by atoms with Crippen LogP contribution in [0.3, 0.4) is 0 Å². The van der Waals surface area contributed by atoms with Gasteiger partial charge in [0.2, 0.25) is 5.91 Å². The van der Waals surface area contributed by atoms with E-state index >= 15 is 0 Å². The first-order valence-electron chi connectivity index (χ1n) is 10.3. The van der Waals surface area contributed by atoms with Gasteiger partial charge in [-0.2, -0.15) is 0 Å². The molecule has 1 atom stereocenters. The third-order valence-electron chi connectivity index (χ3n) is 5.97. The molecular weight excluding hydrogens is 348 g/mol. The molecule has 0 spiro atoms. The van der Waals surface area contributed by atoms with E-state index in [0.717, 1.165) is 33.8 Å². The zero-order valence-corrected chi connectivity index (χ0v) is 16.7. The van der Waals surface area contributed by atoms with Crippen molar-refractivity contribution in [3.05, 3.63) is 58.7 Å². The van der Waals surface area contributed by atoms with Crippen LogP contribution < -0.4 is 5.32 Å². The molecule has 1 aliphatic heterocycles. The highest BCUT2D eigenvalue weighted by atomic mass is 16.1. The Labute approximate surface area is 166 Å². The average molecular weight is 377 g/mol. The number of aromatic nitrogens is 2. The van der Waals surface area contributed by atoms with Crippen LogP contribution in [0, 0.1) is 12.8 Å². The van der Waals surface area contributed by atoms with E-state index in [1.807, 2.05) is 37.5 Å². The van der Waals surface area contributed by atoms with Gasteiger partial charge >= 0.3 is 0 Å². The monoisotopic (exact) mass is 376 g/mol. The lowest BCUT2D eigenvalue weighted by molar-refractivity contribution is -0.121. The smallest absolute Gasteiger partial charge is 0.226 e. The minimum atomic E-state index is 0.0643. The molecule has 4 rings (SSSR count). The van der Waals surface area contributed by atoms with E-state index in [2.05, 4.69) is 22.2 Å². The Kier molecular flexibility index (Phi) is 5.51. The molecule has 1 aliphatic carbocycles. The van der Waals surface area contributed by atoms with Crippen molar-refractivity contribution < 1.29 is 4.79 Å². The van der Waals surface area contributed by atoms with Crippen molar-refractivity contribution in [1.29, 1.82) is 0 Å². The second-order valence-corrected chi connectivity index (χ2v) is 8.11. The molecule has 0 saturated heterocycles. The number of carbonyl (C=O) groups is 1. The van der Waals surface area contributed by atoms with E-state index < -0.39 is 0 Å². The first-order valence-corrected chi connectivity index (χ1v) is 10.3. The molecule has 1 N–H and O–H groups in total. The van der Waals surface area contributed by atoms with Gasteiger partial charge in [-0.05, 0) is 56.4 Å². The summed E-state index contributed by atoms with van der Waals surface area (Å²) in [5, 5.41) is 3.19. The van der Waals surface area contributed by atoms with Gasteiger partial charge in [0.1, 0.15) is 0 Å². The number of fused-ring (bicyclic) bond motifs is 1. The van der Waals surface area contributed by atoms with Crippen LogP contribution in [-0.4, -0.2) is 27.6 Å². The van der Waals surface area contributed by atoms with Crippen molar-refractivity contribution in [3.63, 3.8) is 0 Å². The number of pyridine rings is 2. The van der Waals surface area contributed by atoms with Crippen LogP contribution in [0.1, 0.15) is 67.1 Å². The Morgan fingerprint density at radius 2 is 2.04 bits per heavy atom. The van der Waals surface area contributed by atoms with Gasteiger partial charge in [-0.25, -0.2) is 0 Å². The minimum absolute atomic E-state index is 0.0643. The molecule has 5 heteroatoms. The van der Waals surface area contributed by atoms with Gasteiger partial charge in [0.25, 0.3) is 0 Å². The summed E-state index contributed by atoms with van der Waals surface area (Å²) in [5.41, 5.74) is 6.03. The fourth-order valence-electron chi connectivity index (χ4n) is 4.40. The second kappa shape index (κ2) is 8.21. The van der Waals surface area contributed by atoms with Crippen molar-refractivity contribution in [2.24, 2.45) is 10.9 Å². The molecule has 0 aromatic carbocycles. The summed E-state index contributed by atoms with van der Waals surface area (Å²) >= 11 is 0. The lowest BCUT2D eigenvalue weighted by atomic mass is 9.84. The molecule has 0 radical (unpaired) electrons. The van der Waals surface area contributed by atoms with Crippen LogP contribution in [0.25, 0.3) is 0 Å². The Balaban J connectivity index is 1.40. The number of rotatable bonds is 5. The van der Waals surface area contributed by atoms with Crippen LogP contribution in [0.2, 0.25) is 0 Å². The molecule has 1 fully saturated rings. The maximum atomic E-state index is 12.5. The highest BCUT2D eigenvalue weighted by molar-refractivity contribution is 6.15. The highest BCUT2D eigenvalue weighted by Gasteiger charge is 2.23. The number of aliphatic imine (C=N–C) groups is 1. The van der Waals surface area contributed by atoms with Crippen LogP contribution >= 0.6 is 0 Å². The summed E-state index contributed by atoms with van der Waals surface area (Å²) in [4.78, 5) is 26.0. The molecule has 2 aliphatic rings. The molecule has 3 heterocycles. The maximum absolute atomic E-state index is 12.5. The topological polar surface area (TPSA) is 67.2 Å². The summed E-state index contributed by atoms with van der Waals surface area (Å²) in [6.07, 6.45) is 10.4. The SMILES string of the molecule is Cc1cc(C2=NCc3cc(CC(=O)N[C@H](C)C4CCCCC4)ncc32)ccn1. The third-order valence-corrected chi connectivity index (χ3v) is 5.97. The van der Waals surface area contributed by atoms with E-state index in [9.17, 15) is 4.79 Å². The van der Waals surface area contributed by atoms with Gasteiger partial charge in [0.05, 0.1) is 24.4 Å².